The lowest BCUT2D eigenvalue weighted by molar-refractivity contribution is 0.537. The number of unbranched alkanes of at least 4 members (excludes halogenated alkanes) is 7. The van der Waals surface area contributed by atoms with Gasteiger partial charge in [-0.15, -0.1) is 0 Å². The van der Waals surface area contributed by atoms with Crippen LogP contribution < -0.4 is 0 Å². The zero-order chi connectivity index (χ0) is 10.6. The molecule has 0 bridgehead atoms. The van der Waals surface area contributed by atoms with E-state index in [1.54, 1.807) is 0 Å². The third-order valence-corrected chi connectivity index (χ3v) is 2.71. The minimum atomic E-state index is 0.259. The quantitative estimate of drug-likeness (QED) is 0.490. The highest BCUT2D eigenvalue weighted by molar-refractivity contribution is 4.77. The fourth-order valence-corrected chi connectivity index (χ4v) is 1.65. The average Bonchev–Trinajstić information content (AvgIpc) is 2.21. The molecule has 0 rings (SSSR count). The Morgan fingerprint density at radius 3 is 1.93 bits per heavy atom. The maximum atomic E-state index is 8.58. The lowest BCUT2D eigenvalue weighted by atomic mass is 10.0. The molecule has 1 heteroatoms. The van der Waals surface area contributed by atoms with E-state index in [9.17, 15) is 0 Å². The smallest absolute Gasteiger partial charge is 0.0652 e. The van der Waals surface area contributed by atoms with E-state index in [2.05, 4.69) is 13.0 Å². The van der Waals surface area contributed by atoms with Crippen LogP contribution in [0.4, 0.5) is 0 Å². The zero-order valence-electron chi connectivity index (χ0n) is 9.89. The van der Waals surface area contributed by atoms with Gasteiger partial charge in [0.05, 0.1) is 6.07 Å². The fourth-order valence-electron chi connectivity index (χ4n) is 1.65. The van der Waals surface area contributed by atoms with Gasteiger partial charge in [0.15, 0.2) is 0 Å². The van der Waals surface area contributed by atoms with Crippen LogP contribution in [-0.2, 0) is 0 Å². The largest absolute Gasteiger partial charge is 0.198 e. The molecule has 0 aromatic carbocycles. The zero-order valence-corrected chi connectivity index (χ0v) is 9.89. The molecule has 0 aromatic rings. The molecule has 0 aliphatic rings. The molecule has 0 radical (unpaired) electrons. The van der Waals surface area contributed by atoms with Crippen molar-refractivity contribution in [1.82, 2.24) is 0 Å². The summed E-state index contributed by atoms with van der Waals surface area (Å²) in [5.74, 6) is 0.259. The lowest BCUT2D eigenvalue weighted by Gasteiger charge is -2.02. The van der Waals surface area contributed by atoms with Gasteiger partial charge in [0, 0.05) is 5.92 Å². The summed E-state index contributed by atoms with van der Waals surface area (Å²) in [4.78, 5) is 0. The van der Waals surface area contributed by atoms with E-state index in [-0.39, 0.29) is 5.92 Å². The Labute approximate surface area is 89.5 Å². The topological polar surface area (TPSA) is 23.8 Å². The molecule has 0 saturated heterocycles. The highest BCUT2D eigenvalue weighted by Crippen LogP contribution is 2.12. The predicted molar refractivity (Wildman–Crippen MR) is 62.0 cm³/mol. The molecule has 14 heavy (non-hydrogen) atoms. The third kappa shape index (κ3) is 9.58. The summed E-state index contributed by atoms with van der Waals surface area (Å²) in [6, 6.07) is 2.28. The molecular weight excluding hydrogens is 170 g/mol. The normalized spacial score (nSPS) is 12.4. The summed E-state index contributed by atoms with van der Waals surface area (Å²) in [6.07, 6.45) is 11.9. The molecular formula is C13H25N. The van der Waals surface area contributed by atoms with Gasteiger partial charge in [0.2, 0.25) is 0 Å². The van der Waals surface area contributed by atoms with Gasteiger partial charge in [0.1, 0.15) is 0 Å². The summed E-state index contributed by atoms with van der Waals surface area (Å²) < 4.78 is 0. The Hall–Kier alpha value is -0.510. The Balaban J connectivity index is 2.96. The van der Waals surface area contributed by atoms with E-state index < -0.39 is 0 Å². The highest BCUT2D eigenvalue weighted by Gasteiger charge is 1.98. The van der Waals surface area contributed by atoms with Gasteiger partial charge in [-0.3, -0.25) is 0 Å². The van der Waals surface area contributed by atoms with Gasteiger partial charge < -0.3 is 0 Å². The van der Waals surface area contributed by atoms with Gasteiger partial charge in [-0.1, -0.05) is 58.3 Å². The van der Waals surface area contributed by atoms with Gasteiger partial charge in [-0.2, -0.15) is 5.26 Å². The van der Waals surface area contributed by atoms with E-state index in [0.717, 1.165) is 6.42 Å². The van der Waals surface area contributed by atoms with Gasteiger partial charge in [-0.05, 0) is 13.3 Å². The summed E-state index contributed by atoms with van der Waals surface area (Å²) in [7, 11) is 0. The van der Waals surface area contributed by atoms with Crippen molar-refractivity contribution < 1.29 is 0 Å². The number of hydrogen-bond acceptors (Lipinski definition) is 1. The molecule has 0 aliphatic heterocycles. The molecule has 0 aliphatic carbocycles. The second kappa shape index (κ2) is 10.6. The predicted octanol–water partition coefficient (Wildman–Crippen LogP) is 4.68. The monoisotopic (exact) mass is 195 g/mol. The van der Waals surface area contributed by atoms with Crippen LogP contribution in [0.1, 0.15) is 71.6 Å². The molecule has 0 amide bonds. The van der Waals surface area contributed by atoms with E-state index in [1.165, 1.54) is 51.4 Å². The van der Waals surface area contributed by atoms with Crippen molar-refractivity contribution >= 4 is 0 Å². The second-order valence-corrected chi connectivity index (χ2v) is 4.29. The van der Waals surface area contributed by atoms with Crippen molar-refractivity contribution in [3.63, 3.8) is 0 Å². The molecule has 0 saturated carbocycles. The Morgan fingerprint density at radius 1 is 0.929 bits per heavy atom. The van der Waals surface area contributed by atoms with Gasteiger partial charge in [-0.25, -0.2) is 0 Å². The SMILES string of the molecule is CCCCCCCCCCC(C)C#N. The molecule has 0 heterocycles. The second-order valence-electron chi connectivity index (χ2n) is 4.29. The van der Waals surface area contributed by atoms with Crippen LogP contribution in [-0.4, -0.2) is 0 Å². The third-order valence-electron chi connectivity index (χ3n) is 2.71. The Kier molecular flexibility index (Phi) is 10.2. The van der Waals surface area contributed by atoms with Crippen molar-refractivity contribution in [2.45, 2.75) is 71.6 Å². The minimum absolute atomic E-state index is 0.259. The van der Waals surface area contributed by atoms with E-state index in [4.69, 9.17) is 5.26 Å². The maximum absolute atomic E-state index is 8.58. The van der Waals surface area contributed by atoms with E-state index in [0.29, 0.717) is 0 Å². The summed E-state index contributed by atoms with van der Waals surface area (Å²) >= 11 is 0. The van der Waals surface area contributed by atoms with Crippen LogP contribution in [0.5, 0.6) is 0 Å². The number of hydrogen-bond donors (Lipinski definition) is 0. The van der Waals surface area contributed by atoms with Crippen molar-refractivity contribution in [2.24, 2.45) is 5.92 Å². The van der Waals surface area contributed by atoms with Crippen molar-refractivity contribution in [1.29, 1.82) is 5.26 Å². The lowest BCUT2D eigenvalue weighted by Crippen LogP contribution is -1.89. The molecule has 1 nitrogen and oxygen atoms in total. The van der Waals surface area contributed by atoms with Gasteiger partial charge >= 0.3 is 0 Å². The first-order valence-corrected chi connectivity index (χ1v) is 6.20. The summed E-state index contributed by atoms with van der Waals surface area (Å²) in [6.45, 7) is 4.27. The number of rotatable bonds is 9. The van der Waals surface area contributed by atoms with Crippen LogP contribution in [0.25, 0.3) is 0 Å². The van der Waals surface area contributed by atoms with Crippen LogP contribution in [0.15, 0.2) is 0 Å². The first-order valence-electron chi connectivity index (χ1n) is 6.20. The standard InChI is InChI=1S/C13H25N/c1-3-4-5-6-7-8-9-10-11-13(2)12-14/h13H,3-11H2,1-2H3. The van der Waals surface area contributed by atoms with E-state index >= 15 is 0 Å². The molecule has 0 spiro atoms. The Morgan fingerprint density at radius 2 is 1.43 bits per heavy atom. The minimum Gasteiger partial charge on any atom is -0.198 e. The van der Waals surface area contributed by atoms with Crippen LogP contribution in [0.3, 0.4) is 0 Å². The van der Waals surface area contributed by atoms with Crippen molar-refractivity contribution in [3.8, 4) is 6.07 Å². The Bertz CT molecular complexity index is 146. The first kappa shape index (κ1) is 13.5. The van der Waals surface area contributed by atoms with Crippen LogP contribution >= 0.6 is 0 Å². The molecule has 0 N–H and O–H groups in total. The van der Waals surface area contributed by atoms with E-state index in [1.807, 2.05) is 6.92 Å². The molecule has 0 fully saturated rings. The number of nitriles is 1. The van der Waals surface area contributed by atoms with Crippen molar-refractivity contribution in [3.05, 3.63) is 0 Å². The fraction of sp³-hybridized carbons (Fsp3) is 0.923. The molecule has 0 aromatic heterocycles. The average molecular weight is 195 g/mol. The highest BCUT2D eigenvalue weighted by atomic mass is 14.3. The summed E-state index contributed by atoms with van der Waals surface area (Å²) in [5.41, 5.74) is 0. The molecule has 1 atom stereocenters. The number of nitrogens with zero attached hydrogens (tertiary/aromatic N) is 1. The molecule has 82 valence electrons. The van der Waals surface area contributed by atoms with Crippen LogP contribution in [0.2, 0.25) is 0 Å². The first-order chi connectivity index (χ1) is 6.81. The van der Waals surface area contributed by atoms with Gasteiger partial charge in [0.25, 0.3) is 0 Å². The maximum Gasteiger partial charge on any atom is 0.0652 e. The molecule has 1 unspecified atom stereocenters. The summed E-state index contributed by atoms with van der Waals surface area (Å²) in [5, 5.41) is 8.58. The van der Waals surface area contributed by atoms with Crippen LogP contribution in [0, 0.1) is 17.2 Å². The van der Waals surface area contributed by atoms with Crippen molar-refractivity contribution in [2.75, 3.05) is 0 Å².